The van der Waals surface area contributed by atoms with Gasteiger partial charge in [-0.15, -0.1) is 0 Å². The lowest BCUT2D eigenvalue weighted by atomic mass is 9.87. The van der Waals surface area contributed by atoms with Crippen LogP contribution in [-0.2, 0) is 11.8 Å². The SMILES string of the molecule is CCC1OCCC1C(N)c1ccc2c(c1)oc(=O)n2C. The Bertz CT molecular complexity index is 673. The number of benzene rings is 1. The molecule has 2 aromatic rings. The number of oxazole rings is 1. The molecule has 0 radical (unpaired) electrons. The van der Waals surface area contributed by atoms with Gasteiger partial charge in [0.15, 0.2) is 5.58 Å². The summed E-state index contributed by atoms with van der Waals surface area (Å²) in [5, 5.41) is 0. The van der Waals surface area contributed by atoms with Crippen molar-refractivity contribution < 1.29 is 9.15 Å². The van der Waals surface area contributed by atoms with Gasteiger partial charge in [0, 0.05) is 25.6 Å². The molecular weight excluding hydrogens is 256 g/mol. The standard InChI is InChI=1S/C15H20N2O3/c1-3-12-10(6-7-19-12)14(16)9-4-5-11-13(8-9)20-15(18)17(11)2/h4-5,8,10,12,14H,3,6-7,16H2,1-2H3. The van der Waals surface area contributed by atoms with E-state index in [1.54, 1.807) is 7.05 Å². The van der Waals surface area contributed by atoms with E-state index in [4.69, 9.17) is 14.9 Å². The molecule has 0 bridgehead atoms. The number of aromatic nitrogens is 1. The highest BCUT2D eigenvalue weighted by molar-refractivity contribution is 5.73. The Labute approximate surface area is 117 Å². The Kier molecular flexibility index (Phi) is 3.40. The molecule has 5 nitrogen and oxygen atoms in total. The highest BCUT2D eigenvalue weighted by atomic mass is 16.5. The molecule has 2 N–H and O–H groups in total. The molecule has 0 spiro atoms. The van der Waals surface area contributed by atoms with Crippen molar-refractivity contribution in [3.63, 3.8) is 0 Å². The van der Waals surface area contributed by atoms with Crippen LogP contribution in [0.15, 0.2) is 27.4 Å². The van der Waals surface area contributed by atoms with Crippen molar-refractivity contribution in [3.05, 3.63) is 34.3 Å². The van der Waals surface area contributed by atoms with Crippen molar-refractivity contribution >= 4 is 11.1 Å². The first-order valence-electron chi connectivity index (χ1n) is 7.08. The molecule has 1 saturated heterocycles. The largest absolute Gasteiger partial charge is 0.419 e. The van der Waals surface area contributed by atoms with Crippen molar-refractivity contribution in [1.82, 2.24) is 4.57 Å². The zero-order valence-electron chi connectivity index (χ0n) is 11.8. The normalized spacial score (nSPS) is 24.4. The second kappa shape index (κ2) is 5.07. The number of nitrogens with zero attached hydrogens (tertiary/aromatic N) is 1. The van der Waals surface area contributed by atoms with Crippen LogP contribution in [0.4, 0.5) is 0 Å². The van der Waals surface area contributed by atoms with E-state index in [1.807, 2.05) is 18.2 Å². The maximum atomic E-state index is 11.5. The summed E-state index contributed by atoms with van der Waals surface area (Å²) in [6, 6.07) is 5.67. The van der Waals surface area contributed by atoms with Gasteiger partial charge >= 0.3 is 5.76 Å². The van der Waals surface area contributed by atoms with Crippen LogP contribution in [0.5, 0.6) is 0 Å². The Hall–Kier alpha value is -1.59. The van der Waals surface area contributed by atoms with Gasteiger partial charge in [-0.25, -0.2) is 4.79 Å². The van der Waals surface area contributed by atoms with Crippen LogP contribution in [0.2, 0.25) is 0 Å². The van der Waals surface area contributed by atoms with Crippen molar-refractivity contribution in [2.24, 2.45) is 18.7 Å². The molecule has 108 valence electrons. The maximum Gasteiger partial charge on any atom is 0.419 e. The van der Waals surface area contributed by atoms with Crippen LogP contribution in [-0.4, -0.2) is 17.3 Å². The van der Waals surface area contributed by atoms with Crippen molar-refractivity contribution in [2.45, 2.75) is 31.9 Å². The van der Waals surface area contributed by atoms with Gasteiger partial charge in [-0.2, -0.15) is 0 Å². The van der Waals surface area contributed by atoms with E-state index in [0.717, 1.165) is 30.5 Å². The minimum atomic E-state index is -0.346. The summed E-state index contributed by atoms with van der Waals surface area (Å²) in [7, 11) is 1.70. The van der Waals surface area contributed by atoms with Gasteiger partial charge < -0.3 is 14.9 Å². The van der Waals surface area contributed by atoms with Crippen LogP contribution < -0.4 is 11.5 Å². The molecule has 2 heterocycles. The molecule has 0 saturated carbocycles. The summed E-state index contributed by atoms with van der Waals surface area (Å²) in [5.74, 6) is -0.0192. The first-order chi connectivity index (χ1) is 9.61. The number of rotatable bonds is 3. The second-order valence-electron chi connectivity index (χ2n) is 5.45. The molecule has 1 fully saturated rings. The average molecular weight is 276 g/mol. The third-order valence-corrected chi connectivity index (χ3v) is 4.33. The number of nitrogens with two attached hydrogens (primary N) is 1. The fraction of sp³-hybridized carbons (Fsp3) is 0.533. The fourth-order valence-corrected chi connectivity index (χ4v) is 3.10. The van der Waals surface area contributed by atoms with Crippen molar-refractivity contribution in [2.75, 3.05) is 6.61 Å². The number of fused-ring (bicyclic) bond motifs is 1. The van der Waals surface area contributed by atoms with E-state index in [0.29, 0.717) is 11.5 Å². The molecule has 1 aliphatic rings. The highest BCUT2D eigenvalue weighted by Crippen LogP contribution is 2.34. The quantitative estimate of drug-likeness (QED) is 0.930. The Balaban J connectivity index is 1.95. The first-order valence-corrected chi connectivity index (χ1v) is 7.08. The van der Waals surface area contributed by atoms with Gasteiger partial charge in [0.1, 0.15) is 0 Å². The topological polar surface area (TPSA) is 70.4 Å². The molecule has 0 aliphatic carbocycles. The lowest BCUT2D eigenvalue weighted by Crippen LogP contribution is -2.27. The minimum absolute atomic E-state index is 0.0858. The minimum Gasteiger partial charge on any atom is -0.408 e. The monoisotopic (exact) mass is 276 g/mol. The van der Waals surface area contributed by atoms with Gasteiger partial charge in [-0.05, 0) is 30.5 Å². The number of ether oxygens (including phenoxy) is 1. The van der Waals surface area contributed by atoms with E-state index in [1.165, 1.54) is 4.57 Å². The number of hydrogen-bond donors (Lipinski definition) is 1. The molecule has 3 unspecified atom stereocenters. The predicted octanol–water partition coefficient (Wildman–Crippen LogP) is 1.95. The third kappa shape index (κ3) is 2.07. The molecule has 3 rings (SSSR count). The Morgan fingerprint density at radius 1 is 1.50 bits per heavy atom. The summed E-state index contributed by atoms with van der Waals surface area (Å²) < 4.78 is 12.4. The molecule has 3 atom stereocenters. The van der Waals surface area contributed by atoms with Gasteiger partial charge in [0.2, 0.25) is 0 Å². The molecule has 20 heavy (non-hydrogen) atoms. The van der Waals surface area contributed by atoms with Crippen molar-refractivity contribution in [1.29, 1.82) is 0 Å². The summed E-state index contributed by atoms with van der Waals surface area (Å²) in [4.78, 5) is 11.5. The molecule has 5 heteroatoms. The zero-order chi connectivity index (χ0) is 14.3. The van der Waals surface area contributed by atoms with E-state index >= 15 is 0 Å². The van der Waals surface area contributed by atoms with Gasteiger partial charge in [0.05, 0.1) is 11.6 Å². The molecule has 0 amide bonds. The Morgan fingerprint density at radius 3 is 3.05 bits per heavy atom. The summed E-state index contributed by atoms with van der Waals surface area (Å²) in [5.41, 5.74) is 8.78. The molecule has 1 aromatic heterocycles. The Morgan fingerprint density at radius 2 is 2.30 bits per heavy atom. The third-order valence-electron chi connectivity index (χ3n) is 4.33. The van der Waals surface area contributed by atoms with E-state index < -0.39 is 0 Å². The molecule has 1 aliphatic heterocycles. The maximum absolute atomic E-state index is 11.5. The van der Waals surface area contributed by atoms with Crippen LogP contribution in [0, 0.1) is 5.92 Å². The lowest BCUT2D eigenvalue weighted by molar-refractivity contribution is 0.0813. The van der Waals surface area contributed by atoms with Gasteiger partial charge in [-0.1, -0.05) is 13.0 Å². The van der Waals surface area contributed by atoms with Crippen LogP contribution in [0.1, 0.15) is 31.4 Å². The van der Waals surface area contributed by atoms with Crippen LogP contribution >= 0.6 is 0 Å². The smallest absolute Gasteiger partial charge is 0.408 e. The van der Waals surface area contributed by atoms with Crippen LogP contribution in [0.3, 0.4) is 0 Å². The average Bonchev–Trinajstić information content (AvgIpc) is 3.03. The zero-order valence-corrected chi connectivity index (χ0v) is 11.8. The van der Waals surface area contributed by atoms with Gasteiger partial charge in [-0.3, -0.25) is 4.57 Å². The summed E-state index contributed by atoms with van der Waals surface area (Å²) >= 11 is 0. The first kappa shape index (κ1) is 13.4. The van der Waals surface area contributed by atoms with E-state index in [9.17, 15) is 4.79 Å². The molecular formula is C15H20N2O3. The highest BCUT2D eigenvalue weighted by Gasteiger charge is 2.32. The predicted molar refractivity (Wildman–Crippen MR) is 76.5 cm³/mol. The second-order valence-corrected chi connectivity index (χ2v) is 5.45. The van der Waals surface area contributed by atoms with Crippen molar-refractivity contribution in [3.8, 4) is 0 Å². The summed E-state index contributed by atoms with van der Waals surface area (Å²) in [6.45, 7) is 2.90. The van der Waals surface area contributed by atoms with E-state index in [-0.39, 0.29) is 17.9 Å². The lowest BCUT2D eigenvalue weighted by Gasteiger charge is -2.24. The number of hydrogen-bond acceptors (Lipinski definition) is 4. The fourth-order valence-electron chi connectivity index (χ4n) is 3.10. The van der Waals surface area contributed by atoms with Gasteiger partial charge in [0.25, 0.3) is 0 Å². The summed E-state index contributed by atoms with van der Waals surface area (Å²) in [6.07, 6.45) is 2.18. The molecule has 1 aromatic carbocycles. The van der Waals surface area contributed by atoms with E-state index in [2.05, 4.69) is 6.92 Å². The van der Waals surface area contributed by atoms with Crippen LogP contribution in [0.25, 0.3) is 11.1 Å². The number of aryl methyl sites for hydroxylation is 1.